The van der Waals surface area contributed by atoms with Gasteiger partial charge in [0, 0.05) is 37.3 Å². The van der Waals surface area contributed by atoms with E-state index in [0.717, 1.165) is 11.4 Å². The first-order chi connectivity index (χ1) is 10.1. The smallest absolute Gasteiger partial charge is 0.253 e. The van der Waals surface area contributed by atoms with Gasteiger partial charge in [-0.25, -0.2) is 0 Å². The van der Waals surface area contributed by atoms with Gasteiger partial charge in [-0.3, -0.25) is 9.59 Å². The van der Waals surface area contributed by atoms with E-state index in [9.17, 15) is 9.59 Å². The third-order valence-electron chi connectivity index (χ3n) is 3.94. The molecule has 1 aromatic carbocycles. The first-order valence-corrected chi connectivity index (χ1v) is 8.04. The summed E-state index contributed by atoms with van der Waals surface area (Å²) >= 11 is 4.27. The van der Waals surface area contributed by atoms with Crippen molar-refractivity contribution < 1.29 is 9.59 Å². The summed E-state index contributed by atoms with van der Waals surface area (Å²) in [6, 6.07) is 7.32. The van der Waals surface area contributed by atoms with Gasteiger partial charge in [0.2, 0.25) is 5.91 Å². The number of carbonyl (C=O) groups excluding carboxylic acids is 2. The average molecular weight is 306 g/mol. The third-order valence-corrected chi connectivity index (χ3v) is 4.46. The summed E-state index contributed by atoms with van der Waals surface area (Å²) in [5.74, 6) is 1.21. The van der Waals surface area contributed by atoms with Gasteiger partial charge in [0.15, 0.2) is 0 Å². The molecule has 0 N–H and O–H groups in total. The van der Waals surface area contributed by atoms with Gasteiger partial charge in [0.05, 0.1) is 0 Å². The van der Waals surface area contributed by atoms with E-state index in [0.29, 0.717) is 37.5 Å². The Morgan fingerprint density at radius 2 is 1.90 bits per heavy atom. The molecule has 0 saturated carbocycles. The Balaban J connectivity index is 2.12. The Bertz CT molecular complexity index is 512. The van der Waals surface area contributed by atoms with Crippen LogP contribution in [0.25, 0.3) is 0 Å². The zero-order valence-corrected chi connectivity index (χ0v) is 13.5. The SMILES string of the molecule is CCN(CC)C(=O)c1ccc(N2CC(CS)CC2=O)cc1. The standard InChI is InChI=1S/C16H22N2O2S/c1-3-17(4-2)16(20)13-5-7-14(8-6-13)18-10-12(11-21)9-15(18)19/h5-8,12,21H,3-4,9-11H2,1-2H3. The van der Waals surface area contributed by atoms with Gasteiger partial charge in [0.1, 0.15) is 0 Å². The molecular weight excluding hydrogens is 284 g/mol. The maximum Gasteiger partial charge on any atom is 0.253 e. The molecule has 1 fully saturated rings. The number of hydrogen-bond donors (Lipinski definition) is 1. The Kier molecular flexibility index (Phi) is 5.28. The van der Waals surface area contributed by atoms with Crippen LogP contribution in [-0.2, 0) is 4.79 Å². The molecule has 1 unspecified atom stereocenters. The van der Waals surface area contributed by atoms with Crippen molar-refractivity contribution in [1.29, 1.82) is 0 Å². The fourth-order valence-electron chi connectivity index (χ4n) is 2.63. The number of amides is 2. The van der Waals surface area contributed by atoms with Crippen LogP contribution in [0.15, 0.2) is 24.3 Å². The van der Waals surface area contributed by atoms with Gasteiger partial charge >= 0.3 is 0 Å². The van der Waals surface area contributed by atoms with E-state index < -0.39 is 0 Å². The molecule has 1 aromatic rings. The number of carbonyl (C=O) groups is 2. The summed E-state index contributed by atoms with van der Waals surface area (Å²) < 4.78 is 0. The lowest BCUT2D eigenvalue weighted by Gasteiger charge is -2.20. The van der Waals surface area contributed by atoms with Crippen LogP contribution < -0.4 is 4.90 Å². The fourth-order valence-corrected chi connectivity index (χ4v) is 2.88. The van der Waals surface area contributed by atoms with Gasteiger partial charge in [-0.15, -0.1) is 0 Å². The molecule has 1 saturated heterocycles. The van der Waals surface area contributed by atoms with Crippen LogP contribution >= 0.6 is 12.6 Å². The van der Waals surface area contributed by atoms with Crippen LogP contribution in [-0.4, -0.2) is 42.1 Å². The Labute approximate surface area is 131 Å². The van der Waals surface area contributed by atoms with Crippen molar-refractivity contribution in [2.75, 3.05) is 30.3 Å². The van der Waals surface area contributed by atoms with E-state index in [-0.39, 0.29) is 11.8 Å². The molecular formula is C16H22N2O2S. The maximum absolute atomic E-state index is 12.2. The highest BCUT2D eigenvalue weighted by Gasteiger charge is 2.29. The summed E-state index contributed by atoms with van der Waals surface area (Å²) in [5.41, 5.74) is 1.53. The van der Waals surface area contributed by atoms with Crippen molar-refractivity contribution in [3.8, 4) is 0 Å². The number of rotatable bonds is 5. The van der Waals surface area contributed by atoms with Crippen LogP contribution in [0.2, 0.25) is 0 Å². The van der Waals surface area contributed by atoms with E-state index >= 15 is 0 Å². The van der Waals surface area contributed by atoms with E-state index in [1.54, 1.807) is 21.9 Å². The summed E-state index contributed by atoms with van der Waals surface area (Å²) in [6.07, 6.45) is 0.559. The highest BCUT2D eigenvalue weighted by atomic mass is 32.1. The Morgan fingerprint density at radius 1 is 1.29 bits per heavy atom. The van der Waals surface area contributed by atoms with Gasteiger partial charge in [0.25, 0.3) is 5.91 Å². The van der Waals surface area contributed by atoms with Gasteiger partial charge in [-0.05, 0) is 49.8 Å². The molecule has 5 heteroatoms. The Hall–Kier alpha value is -1.49. The topological polar surface area (TPSA) is 40.6 Å². The van der Waals surface area contributed by atoms with E-state index in [4.69, 9.17) is 0 Å². The lowest BCUT2D eigenvalue weighted by atomic mass is 10.1. The largest absolute Gasteiger partial charge is 0.339 e. The van der Waals surface area contributed by atoms with E-state index in [2.05, 4.69) is 12.6 Å². The first kappa shape index (κ1) is 15.9. The van der Waals surface area contributed by atoms with Gasteiger partial charge in [-0.2, -0.15) is 12.6 Å². The molecule has 0 aliphatic carbocycles. The van der Waals surface area contributed by atoms with E-state index in [1.165, 1.54) is 0 Å². The third kappa shape index (κ3) is 3.40. The van der Waals surface area contributed by atoms with Crippen molar-refractivity contribution >= 4 is 30.1 Å². The fraction of sp³-hybridized carbons (Fsp3) is 0.500. The summed E-state index contributed by atoms with van der Waals surface area (Å²) in [7, 11) is 0. The van der Waals surface area contributed by atoms with Crippen molar-refractivity contribution in [3.05, 3.63) is 29.8 Å². The molecule has 1 atom stereocenters. The lowest BCUT2D eigenvalue weighted by molar-refractivity contribution is -0.117. The minimum absolute atomic E-state index is 0.0348. The quantitative estimate of drug-likeness (QED) is 0.849. The molecule has 2 rings (SSSR count). The second kappa shape index (κ2) is 6.98. The number of benzene rings is 1. The predicted molar refractivity (Wildman–Crippen MR) is 88.0 cm³/mol. The molecule has 0 aromatic heterocycles. The normalized spacial score (nSPS) is 18.1. The lowest BCUT2D eigenvalue weighted by Crippen LogP contribution is -2.30. The number of hydrogen-bond acceptors (Lipinski definition) is 3. The number of anilines is 1. The number of thiol groups is 1. The molecule has 1 aliphatic heterocycles. The van der Waals surface area contributed by atoms with Crippen LogP contribution in [0.5, 0.6) is 0 Å². The highest BCUT2D eigenvalue weighted by Crippen LogP contribution is 2.26. The summed E-state index contributed by atoms with van der Waals surface area (Å²) in [4.78, 5) is 27.8. The minimum atomic E-state index is 0.0348. The molecule has 2 amide bonds. The van der Waals surface area contributed by atoms with Crippen molar-refractivity contribution in [2.24, 2.45) is 5.92 Å². The second-order valence-electron chi connectivity index (χ2n) is 5.28. The molecule has 1 heterocycles. The molecule has 0 radical (unpaired) electrons. The van der Waals surface area contributed by atoms with Crippen molar-refractivity contribution in [2.45, 2.75) is 20.3 Å². The molecule has 4 nitrogen and oxygen atoms in total. The molecule has 0 bridgehead atoms. The van der Waals surface area contributed by atoms with Crippen molar-refractivity contribution in [1.82, 2.24) is 4.90 Å². The molecule has 114 valence electrons. The monoisotopic (exact) mass is 306 g/mol. The summed E-state index contributed by atoms with van der Waals surface area (Å²) in [5, 5.41) is 0. The first-order valence-electron chi connectivity index (χ1n) is 7.41. The highest BCUT2D eigenvalue weighted by molar-refractivity contribution is 7.80. The molecule has 21 heavy (non-hydrogen) atoms. The van der Waals surface area contributed by atoms with Crippen molar-refractivity contribution in [3.63, 3.8) is 0 Å². The minimum Gasteiger partial charge on any atom is -0.339 e. The van der Waals surface area contributed by atoms with Crippen LogP contribution in [0.3, 0.4) is 0 Å². The van der Waals surface area contributed by atoms with Crippen LogP contribution in [0, 0.1) is 5.92 Å². The average Bonchev–Trinajstić information content (AvgIpc) is 2.89. The zero-order valence-electron chi connectivity index (χ0n) is 12.6. The molecule has 1 aliphatic rings. The van der Waals surface area contributed by atoms with E-state index in [1.807, 2.05) is 26.0 Å². The second-order valence-corrected chi connectivity index (χ2v) is 5.65. The Morgan fingerprint density at radius 3 is 2.38 bits per heavy atom. The summed E-state index contributed by atoms with van der Waals surface area (Å²) in [6.45, 7) is 6.05. The van der Waals surface area contributed by atoms with Crippen LogP contribution in [0.1, 0.15) is 30.6 Å². The maximum atomic E-state index is 12.2. The van der Waals surface area contributed by atoms with Crippen LogP contribution in [0.4, 0.5) is 5.69 Å². The van der Waals surface area contributed by atoms with Gasteiger partial charge < -0.3 is 9.80 Å². The number of nitrogens with zero attached hydrogens (tertiary/aromatic N) is 2. The predicted octanol–water partition coefficient (Wildman–Crippen LogP) is 2.45. The molecule has 0 spiro atoms. The zero-order chi connectivity index (χ0) is 15.4. The van der Waals surface area contributed by atoms with Gasteiger partial charge in [-0.1, -0.05) is 0 Å².